The van der Waals surface area contributed by atoms with E-state index in [-0.39, 0.29) is 5.60 Å². The Hall–Kier alpha value is -0.120. The zero-order valence-electron chi connectivity index (χ0n) is 14.0. The minimum Gasteiger partial charge on any atom is -0.375 e. The van der Waals surface area contributed by atoms with Crippen LogP contribution >= 0.6 is 0 Å². The van der Waals surface area contributed by atoms with Crippen LogP contribution in [0.1, 0.15) is 90.4 Å². The highest BCUT2D eigenvalue weighted by molar-refractivity contribution is 4.93. The van der Waals surface area contributed by atoms with Gasteiger partial charge in [-0.15, -0.1) is 0 Å². The molecule has 1 aliphatic carbocycles. The van der Waals surface area contributed by atoms with Crippen molar-refractivity contribution >= 4 is 0 Å². The van der Waals surface area contributed by atoms with Crippen LogP contribution < -0.4 is 11.3 Å². The second-order valence-electron chi connectivity index (χ2n) is 7.32. The predicted molar refractivity (Wildman–Crippen MR) is 89.0 cm³/mol. The molecule has 1 aliphatic heterocycles. The van der Waals surface area contributed by atoms with Crippen LogP contribution in [0.25, 0.3) is 0 Å². The maximum absolute atomic E-state index is 6.15. The summed E-state index contributed by atoms with van der Waals surface area (Å²) in [5, 5.41) is 0. The lowest BCUT2D eigenvalue weighted by Crippen LogP contribution is -2.47. The molecule has 2 rings (SSSR count). The topological polar surface area (TPSA) is 47.3 Å². The van der Waals surface area contributed by atoms with E-state index in [2.05, 4.69) is 12.3 Å². The predicted octanol–water partition coefficient (Wildman–Crippen LogP) is 4.31. The average Bonchev–Trinajstić information content (AvgIpc) is 2.94. The van der Waals surface area contributed by atoms with Crippen LogP contribution in [-0.2, 0) is 4.74 Å². The molecule has 0 amide bonds. The van der Waals surface area contributed by atoms with Crippen molar-refractivity contribution in [3.8, 4) is 0 Å². The van der Waals surface area contributed by atoms with Gasteiger partial charge in [-0.05, 0) is 38.0 Å². The Morgan fingerprint density at radius 2 is 1.86 bits per heavy atom. The Balaban J connectivity index is 1.70. The number of hydrazine groups is 1. The molecule has 3 N–H and O–H groups in total. The van der Waals surface area contributed by atoms with Crippen LogP contribution in [-0.4, -0.2) is 18.2 Å². The number of hydrogen-bond acceptors (Lipinski definition) is 3. The molecule has 2 atom stereocenters. The Morgan fingerprint density at radius 3 is 2.57 bits per heavy atom. The summed E-state index contributed by atoms with van der Waals surface area (Å²) in [5.41, 5.74) is 3.35. The maximum atomic E-state index is 6.15. The van der Waals surface area contributed by atoms with Crippen LogP contribution in [0.5, 0.6) is 0 Å². The largest absolute Gasteiger partial charge is 0.375 e. The molecule has 0 aromatic rings. The molecule has 0 aromatic carbocycles. The number of unbranched alkanes of at least 4 members (excludes halogenated alkanes) is 5. The second-order valence-corrected chi connectivity index (χ2v) is 7.32. The van der Waals surface area contributed by atoms with Gasteiger partial charge in [0, 0.05) is 12.6 Å². The molecule has 1 spiro atoms. The molecule has 3 nitrogen and oxygen atoms in total. The number of rotatable bonds is 9. The van der Waals surface area contributed by atoms with Crippen molar-refractivity contribution in [1.29, 1.82) is 0 Å². The minimum absolute atomic E-state index is 0.221. The summed E-state index contributed by atoms with van der Waals surface area (Å²) < 4.78 is 6.15. The summed E-state index contributed by atoms with van der Waals surface area (Å²) in [6.45, 7) is 3.22. The van der Waals surface area contributed by atoms with Gasteiger partial charge in [-0.3, -0.25) is 11.3 Å². The fourth-order valence-electron chi connectivity index (χ4n) is 4.38. The van der Waals surface area contributed by atoms with E-state index in [1.165, 1.54) is 83.5 Å². The summed E-state index contributed by atoms with van der Waals surface area (Å²) in [6.07, 6.45) is 17.1. The van der Waals surface area contributed by atoms with Crippen LogP contribution in [0.3, 0.4) is 0 Å². The van der Waals surface area contributed by atoms with E-state index in [1.54, 1.807) is 0 Å². The van der Waals surface area contributed by atoms with Crippen molar-refractivity contribution in [2.24, 2.45) is 11.8 Å². The first-order valence-electron chi connectivity index (χ1n) is 9.40. The van der Waals surface area contributed by atoms with Crippen LogP contribution in [0.2, 0.25) is 0 Å². The molecule has 3 heteroatoms. The Morgan fingerprint density at radius 1 is 1.14 bits per heavy atom. The number of nitrogens with one attached hydrogen (secondary N) is 1. The summed E-state index contributed by atoms with van der Waals surface area (Å²) in [7, 11) is 0. The van der Waals surface area contributed by atoms with Gasteiger partial charge in [-0.2, -0.15) is 0 Å². The quantitative estimate of drug-likeness (QED) is 0.379. The van der Waals surface area contributed by atoms with Gasteiger partial charge in [0.25, 0.3) is 0 Å². The van der Waals surface area contributed by atoms with Crippen LogP contribution in [0.15, 0.2) is 0 Å². The van der Waals surface area contributed by atoms with Gasteiger partial charge in [0.1, 0.15) is 0 Å². The molecule has 2 fully saturated rings. The fraction of sp³-hybridized carbons (Fsp3) is 1.00. The molecular weight excluding hydrogens is 260 g/mol. The van der Waals surface area contributed by atoms with Crippen LogP contribution in [0, 0.1) is 5.92 Å². The Kier molecular flexibility index (Phi) is 7.48. The Labute approximate surface area is 131 Å². The standard InChI is InChI=1S/C18H36N2O/c1-2-3-4-5-6-7-10-17(20-19)16-11-14-21-18(15-16)12-8-9-13-18/h16-17,20H,2-15,19H2,1H3. The van der Waals surface area contributed by atoms with Crippen molar-refractivity contribution in [2.75, 3.05) is 6.61 Å². The SMILES string of the molecule is CCCCCCCCC(NN)C1CCOC2(CCCC2)C1. The van der Waals surface area contributed by atoms with Crippen molar-refractivity contribution < 1.29 is 4.74 Å². The number of ether oxygens (including phenoxy) is 1. The van der Waals surface area contributed by atoms with Crippen LogP contribution in [0.4, 0.5) is 0 Å². The lowest BCUT2D eigenvalue weighted by atomic mass is 9.79. The maximum Gasteiger partial charge on any atom is 0.0685 e. The van der Waals surface area contributed by atoms with Gasteiger partial charge < -0.3 is 4.74 Å². The molecule has 2 aliphatic rings. The first-order chi connectivity index (χ1) is 10.3. The normalized spacial score (nSPS) is 26.3. The van der Waals surface area contributed by atoms with E-state index in [9.17, 15) is 0 Å². The highest BCUT2D eigenvalue weighted by Crippen LogP contribution is 2.43. The van der Waals surface area contributed by atoms with Crippen molar-refractivity contribution in [1.82, 2.24) is 5.43 Å². The summed E-state index contributed by atoms with van der Waals surface area (Å²) in [6, 6.07) is 0.498. The monoisotopic (exact) mass is 296 g/mol. The molecule has 124 valence electrons. The van der Waals surface area contributed by atoms with E-state index < -0.39 is 0 Å². The molecular formula is C18H36N2O. The molecule has 0 aromatic heterocycles. The third-order valence-electron chi connectivity index (χ3n) is 5.70. The molecule has 0 radical (unpaired) electrons. The molecule has 1 saturated heterocycles. The van der Waals surface area contributed by atoms with E-state index in [4.69, 9.17) is 10.6 Å². The van der Waals surface area contributed by atoms with Gasteiger partial charge in [0.2, 0.25) is 0 Å². The molecule has 1 heterocycles. The summed E-state index contributed by atoms with van der Waals surface area (Å²) in [5.74, 6) is 6.58. The fourth-order valence-corrected chi connectivity index (χ4v) is 4.38. The molecule has 0 bridgehead atoms. The molecule has 1 saturated carbocycles. The highest BCUT2D eigenvalue weighted by Gasteiger charge is 2.41. The summed E-state index contributed by atoms with van der Waals surface area (Å²) >= 11 is 0. The van der Waals surface area contributed by atoms with E-state index in [0.29, 0.717) is 6.04 Å². The first kappa shape index (κ1) is 17.2. The third-order valence-corrected chi connectivity index (χ3v) is 5.70. The van der Waals surface area contributed by atoms with Crippen molar-refractivity contribution in [3.05, 3.63) is 0 Å². The van der Waals surface area contributed by atoms with Crippen molar-refractivity contribution in [3.63, 3.8) is 0 Å². The zero-order chi connectivity index (χ0) is 15.0. The average molecular weight is 296 g/mol. The second kappa shape index (κ2) is 9.12. The van der Waals surface area contributed by atoms with E-state index >= 15 is 0 Å². The zero-order valence-corrected chi connectivity index (χ0v) is 14.0. The molecule has 2 unspecified atom stereocenters. The van der Waals surface area contributed by atoms with Crippen molar-refractivity contribution in [2.45, 2.75) is 102 Å². The first-order valence-corrected chi connectivity index (χ1v) is 9.40. The highest BCUT2D eigenvalue weighted by atomic mass is 16.5. The van der Waals surface area contributed by atoms with E-state index in [1.807, 2.05) is 0 Å². The smallest absolute Gasteiger partial charge is 0.0685 e. The van der Waals surface area contributed by atoms with Gasteiger partial charge in [0.15, 0.2) is 0 Å². The Bertz CT molecular complexity index is 276. The van der Waals surface area contributed by atoms with Gasteiger partial charge in [-0.25, -0.2) is 0 Å². The minimum atomic E-state index is 0.221. The number of nitrogens with two attached hydrogens (primary N) is 1. The molecule has 21 heavy (non-hydrogen) atoms. The lowest BCUT2D eigenvalue weighted by molar-refractivity contribution is -0.0983. The third kappa shape index (κ3) is 5.22. The lowest BCUT2D eigenvalue weighted by Gasteiger charge is -2.41. The van der Waals surface area contributed by atoms with Gasteiger partial charge in [-0.1, -0.05) is 58.3 Å². The van der Waals surface area contributed by atoms with Gasteiger partial charge in [0.05, 0.1) is 5.60 Å². The van der Waals surface area contributed by atoms with E-state index in [0.717, 1.165) is 12.5 Å². The number of hydrogen-bond donors (Lipinski definition) is 2. The summed E-state index contributed by atoms with van der Waals surface area (Å²) in [4.78, 5) is 0. The van der Waals surface area contributed by atoms with Gasteiger partial charge >= 0.3 is 0 Å².